The van der Waals surface area contributed by atoms with E-state index in [0.717, 1.165) is 10.6 Å². The van der Waals surface area contributed by atoms with Gasteiger partial charge in [0.25, 0.3) is 0 Å². The Labute approximate surface area is 88.0 Å². The van der Waals surface area contributed by atoms with Gasteiger partial charge in [0.05, 0.1) is 4.21 Å². The quantitative estimate of drug-likeness (QED) is 0.671. The number of rotatable bonds is 1. The highest BCUT2D eigenvalue weighted by Crippen LogP contribution is 2.31. The Hall–Kier alpha value is -0.470. The molecule has 0 fully saturated rings. The van der Waals surface area contributed by atoms with Crippen LogP contribution in [0.15, 0.2) is 22.4 Å². The van der Waals surface area contributed by atoms with Gasteiger partial charge in [-0.2, -0.15) is 0 Å². The van der Waals surface area contributed by atoms with Gasteiger partial charge in [0.2, 0.25) is 0 Å². The van der Waals surface area contributed by atoms with E-state index < -0.39 is 0 Å². The fourth-order valence-electron chi connectivity index (χ4n) is 1.64. The molecule has 0 aliphatic heterocycles. The van der Waals surface area contributed by atoms with Crippen LogP contribution in [0.5, 0.6) is 0 Å². The van der Waals surface area contributed by atoms with Crippen LogP contribution in [0, 0.1) is 6.92 Å². The van der Waals surface area contributed by atoms with Crippen molar-refractivity contribution in [2.45, 2.75) is 24.5 Å². The molecular formula is C11H12S2. The molecule has 1 aromatic carbocycles. The molecule has 1 heterocycles. The van der Waals surface area contributed by atoms with E-state index in [-0.39, 0.29) is 0 Å². The lowest BCUT2D eigenvalue weighted by atomic mass is 10.1. The summed E-state index contributed by atoms with van der Waals surface area (Å²) >= 11 is 6.14. The fraction of sp³-hybridized carbons (Fsp3) is 0.273. The topological polar surface area (TPSA) is 0 Å². The third-order valence-electron chi connectivity index (χ3n) is 2.24. The summed E-state index contributed by atoms with van der Waals surface area (Å²) in [5, 5.41) is 1.38. The molecule has 0 nitrogen and oxygen atoms in total. The van der Waals surface area contributed by atoms with Crippen LogP contribution in [-0.2, 0) is 6.42 Å². The van der Waals surface area contributed by atoms with Crippen molar-refractivity contribution in [1.29, 1.82) is 0 Å². The molecule has 0 spiro atoms. The van der Waals surface area contributed by atoms with Crippen LogP contribution in [0.25, 0.3) is 10.1 Å². The molecule has 13 heavy (non-hydrogen) atoms. The Bertz CT molecular complexity index is 441. The SMILES string of the molecule is CCc1cc(C)cc2sc(S)cc12. The highest BCUT2D eigenvalue weighted by molar-refractivity contribution is 7.83. The van der Waals surface area contributed by atoms with Crippen LogP contribution in [0.4, 0.5) is 0 Å². The monoisotopic (exact) mass is 208 g/mol. The highest BCUT2D eigenvalue weighted by atomic mass is 32.2. The van der Waals surface area contributed by atoms with Gasteiger partial charge in [-0.15, -0.1) is 24.0 Å². The minimum atomic E-state index is 1.10. The number of benzene rings is 1. The van der Waals surface area contributed by atoms with Gasteiger partial charge < -0.3 is 0 Å². The van der Waals surface area contributed by atoms with E-state index in [2.05, 4.69) is 44.7 Å². The Morgan fingerprint density at radius 1 is 1.31 bits per heavy atom. The number of aryl methyl sites for hydroxylation is 2. The van der Waals surface area contributed by atoms with Crippen molar-refractivity contribution >= 4 is 34.1 Å². The summed E-state index contributed by atoms with van der Waals surface area (Å²) < 4.78 is 2.47. The van der Waals surface area contributed by atoms with Gasteiger partial charge in [-0.3, -0.25) is 0 Å². The molecule has 2 aromatic rings. The van der Waals surface area contributed by atoms with Crippen LogP contribution in [0.2, 0.25) is 0 Å². The van der Waals surface area contributed by atoms with Crippen LogP contribution in [0.3, 0.4) is 0 Å². The number of thiophene rings is 1. The average Bonchev–Trinajstić information content (AvgIpc) is 2.43. The summed E-state index contributed by atoms with van der Waals surface area (Å²) in [5.74, 6) is 0. The largest absolute Gasteiger partial charge is 0.133 e. The maximum absolute atomic E-state index is 4.38. The molecule has 0 saturated carbocycles. The molecular weight excluding hydrogens is 196 g/mol. The van der Waals surface area contributed by atoms with Gasteiger partial charge >= 0.3 is 0 Å². The summed E-state index contributed by atoms with van der Waals surface area (Å²) in [5.41, 5.74) is 2.78. The summed E-state index contributed by atoms with van der Waals surface area (Å²) in [6.45, 7) is 4.35. The summed E-state index contributed by atoms with van der Waals surface area (Å²) in [6.07, 6.45) is 1.10. The first-order valence-corrected chi connectivity index (χ1v) is 5.69. The predicted molar refractivity (Wildman–Crippen MR) is 63.2 cm³/mol. The number of thiol groups is 1. The Balaban J connectivity index is 2.80. The number of hydrogen-bond donors (Lipinski definition) is 1. The zero-order chi connectivity index (χ0) is 9.42. The van der Waals surface area contributed by atoms with E-state index in [1.807, 2.05) is 0 Å². The lowest BCUT2D eigenvalue weighted by molar-refractivity contribution is 1.15. The molecule has 2 heteroatoms. The van der Waals surface area contributed by atoms with Crippen molar-refractivity contribution in [3.8, 4) is 0 Å². The third kappa shape index (κ3) is 1.61. The molecule has 0 radical (unpaired) electrons. The van der Waals surface area contributed by atoms with Crippen LogP contribution < -0.4 is 0 Å². The second-order valence-corrected chi connectivity index (χ2v) is 5.14. The number of hydrogen-bond acceptors (Lipinski definition) is 2. The first-order valence-electron chi connectivity index (χ1n) is 4.42. The highest BCUT2D eigenvalue weighted by Gasteiger charge is 2.03. The molecule has 0 unspecified atom stereocenters. The second-order valence-electron chi connectivity index (χ2n) is 3.27. The lowest BCUT2D eigenvalue weighted by Crippen LogP contribution is -1.82. The van der Waals surface area contributed by atoms with Gasteiger partial charge in [-0.25, -0.2) is 0 Å². The minimum Gasteiger partial charge on any atom is -0.133 e. The van der Waals surface area contributed by atoms with E-state index in [9.17, 15) is 0 Å². The molecule has 68 valence electrons. The van der Waals surface area contributed by atoms with E-state index >= 15 is 0 Å². The molecule has 0 N–H and O–H groups in total. The standard InChI is InChI=1S/C11H12S2/c1-3-8-4-7(2)5-10-9(8)6-11(12)13-10/h4-6,12H,3H2,1-2H3. The molecule has 2 rings (SSSR count). The van der Waals surface area contributed by atoms with Crippen molar-refractivity contribution in [3.05, 3.63) is 29.3 Å². The first-order chi connectivity index (χ1) is 6.20. The maximum atomic E-state index is 4.38. The van der Waals surface area contributed by atoms with Gasteiger partial charge in [0, 0.05) is 4.70 Å². The Morgan fingerprint density at radius 2 is 2.08 bits per heavy atom. The van der Waals surface area contributed by atoms with E-state index in [1.165, 1.54) is 21.2 Å². The molecule has 1 aromatic heterocycles. The molecule has 0 bridgehead atoms. The van der Waals surface area contributed by atoms with Gasteiger partial charge in [0.15, 0.2) is 0 Å². The normalized spacial score (nSPS) is 11.0. The zero-order valence-electron chi connectivity index (χ0n) is 7.79. The van der Waals surface area contributed by atoms with Crippen molar-refractivity contribution in [1.82, 2.24) is 0 Å². The summed E-state index contributed by atoms with van der Waals surface area (Å²) in [7, 11) is 0. The summed E-state index contributed by atoms with van der Waals surface area (Å²) in [6, 6.07) is 6.67. The molecule has 0 amide bonds. The maximum Gasteiger partial charge on any atom is 0.0580 e. The van der Waals surface area contributed by atoms with E-state index in [1.54, 1.807) is 11.3 Å². The fourth-order valence-corrected chi connectivity index (χ4v) is 3.01. The van der Waals surface area contributed by atoms with Crippen molar-refractivity contribution in [2.24, 2.45) is 0 Å². The Morgan fingerprint density at radius 3 is 2.77 bits per heavy atom. The summed E-state index contributed by atoms with van der Waals surface area (Å²) in [4.78, 5) is 0. The zero-order valence-corrected chi connectivity index (χ0v) is 9.51. The molecule has 0 saturated heterocycles. The van der Waals surface area contributed by atoms with Gasteiger partial charge in [0.1, 0.15) is 0 Å². The molecule has 0 aliphatic rings. The van der Waals surface area contributed by atoms with Gasteiger partial charge in [-0.05, 0) is 42.0 Å². The van der Waals surface area contributed by atoms with E-state index in [0.29, 0.717) is 0 Å². The van der Waals surface area contributed by atoms with Crippen LogP contribution in [-0.4, -0.2) is 0 Å². The predicted octanol–water partition coefficient (Wildman–Crippen LogP) is 4.06. The Kier molecular flexibility index (Phi) is 2.35. The van der Waals surface area contributed by atoms with E-state index in [4.69, 9.17) is 0 Å². The molecule has 0 aliphatic carbocycles. The minimum absolute atomic E-state index is 1.10. The second kappa shape index (κ2) is 3.35. The third-order valence-corrected chi connectivity index (χ3v) is 3.52. The van der Waals surface area contributed by atoms with Crippen LogP contribution >= 0.6 is 24.0 Å². The van der Waals surface area contributed by atoms with Crippen molar-refractivity contribution in [3.63, 3.8) is 0 Å². The van der Waals surface area contributed by atoms with Crippen LogP contribution in [0.1, 0.15) is 18.1 Å². The smallest absolute Gasteiger partial charge is 0.0580 e. The van der Waals surface area contributed by atoms with Crippen molar-refractivity contribution < 1.29 is 0 Å². The van der Waals surface area contributed by atoms with Crippen molar-refractivity contribution in [2.75, 3.05) is 0 Å². The molecule has 0 atom stereocenters. The number of fused-ring (bicyclic) bond motifs is 1. The first kappa shape index (κ1) is 9.10. The lowest BCUT2D eigenvalue weighted by Gasteiger charge is -2.00. The van der Waals surface area contributed by atoms with Gasteiger partial charge in [-0.1, -0.05) is 13.0 Å². The average molecular weight is 208 g/mol.